The SMILES string of the molecule is O=C(NCCCCN1C(=O)c2ccccc2C1=O)c1ccc2ccccc2n1. The van der Waals surface area contributed by atoms with Crippen LogP contribution < -0.4 is 5.32 Å². The van der Waals surface area contributed by atoms with E-state index in [1.807, 2.05) is 30.3 Å². The molecule has 0 aliphatic carbocycles. The molecule has 6 heteroatoms. The summed E-state index contributed by atoms with van der Waals surface area (Å²) in [5.41, 5.74) is 2.08. The maximum Gasteiger partial charge on any atom is 0.269 e. The van der Waals surface area contributed by atoms with Crippen LogP contribution >= 0.6 is 0 Å². The van der Waals surface area contributed by atoms with Crippen LogP contribution in [-0.2, 0) is 0 Å². The number of nitrogens with one attached hydrogen (secondary N) is 1. The Hall–Kier alpha value is -3.54. The summed E-state index contributed by atoms with van der Waals surface area (Å²) < 4.78 is 0. The van der Waals surface area contributed by atoms with Gasteiger partial charge in [0.05, 0.1) is 16.6 Å². The Morgan fingerprint density at radius 3 is 2.29 bits per heavy atom. The van der Waals surface area contributed by atoms with Crippen molar-refractivity contribution in [2.24, 2.45) is 0 Å². The highest BCUT2D eigenvalue weighted by Gasteiger charge is 2.34. The molecule has 0 atom stereocenters. The number of amides is 3. The van der Waals surface area contributed by atoms with Gasteiger partial charge in [-0.1, -0.05) is 36.4 Å². The first-order valence-electron chi connectivity index (χ1n) is 9.24. The van der Waals surface area contributed by atoms with Crippen molar-refractivity contribution in [3.05, 3.63) is 77.5 Å². The predicted molar refractivity (Wildman–Crippen MR) is 105 cm³/mol. The van der Waals surface area contributed by atoms with Crippen LogP contribution in [0.3, 0.4) is 0 Å². The standard InChI is InChI=1S/C22H19N3O3/c26-20(19-12-11-15-7-1-4-10-18(15)24-19)23-13-5-6-14-25-21(27)16-8-2-3-9-17(16)22(25)28/h1-4,7-12H,5-6,13-14H2,(H,23,26). The monoisotopic (exact) mass is 373 g/mol. The van der Waals surface area contributed by atoms with Gasteiger partial charge in [0.2, 0.25) is 0 Å². The van der Waals surface area contributed by atoms with E-state index >= 15 is 0 Å². The number of pyridine rings is 1. The highest BCUT2D eigenvalue weighted by atomic mass is 16.2. The van der Waals surface area contributed by atoms with Gasteiger partial charge in [-0.3, -0.25) is 19.3 Å². The van der Waals surface area contributed by atoms with Crippen molar-refractivity contribution >= 4 is 28.6 Å². The third-order valence-corrected chi connectivity index (χ3v) is 4.80. The third-order valence-electron chi connectivity index (χ3n) is 4.80. The van der Waals surface area contributed by atoms with Gasteiger partial charge in [-0.2, -0.15) is 0 Å². The lowest BCUT2D eigenvalue weighted by atomic mass is 10.1. The molecule has 1 aliphatic heterocycles. The number of unbranched alkanes of at least 4 members (excludes halogenated alkanes) is 1. The topological polar surface area (TPSA) is 79.4 Å². The number of para-hydroxylation sites is 1. The highest BCUT2D eigenvalue weighted by molar-refractivity contribution is 6.21. The number of imide groups is 1. The van der Waals surface area contributed by atoms with Gasteiger partial charge in [-0.15, -0.1) is 0 Å². The van der Waals surface area contributed by atoms with Crippen LogP contribution in [0.1, 0.15) is 44.0 Å². The fourth-order valence-corrected chi connectivity index (χ4v) is 3.32. The van der Waals surface area contributed by atoms with Crippen molar-refractivity contribution in [2.45, 2.75) is 12.8 Å². The van der Waals surface area contributed by atoms with Crippen molar-refractivity contribution in [2.75, 3.05) is 13.1 Å². The Labute approximate surface area is 162 Å². The molecule has 0 saturated carbocycles. The van der Waals surface area contributed by atoms with Crippen molar-refractivity contribution in [1.29, 1.82) is 0 Å². The number of rotatable bonds is 6. The number of carbonyl (C=O) groups is 3. The molecule has 28 heavy (non-hydrogen) atoms. The predicted octanol–water partition coefficient (Wildman–Crippen LogP) is 3.04. The van der Waals surface area contributed by atoms with Gasteiger partial charge in [0, 0.05) is 18.5 Å². The zero-order valence-corrected chi connectivity index (χ0v) is 15.2. The average Bonchev–Trinajstić information content (AvgIpc) is 2.98. The molecule has 3 amide bonds. The van der Waals surface area contributed by atoms with Crippen molar-refractivity contribution < 1.29 is 14.4 Å². The Morgan fingerprint density at radius 1 is 0.857 bits per heavy atom. The molecule has 1 aliphatic rings. The summed E-state index contributed by atoms with van der Waals surface area (Å²) in [6.45, 7) is 0.799. The van der Waals surface area contributed by atoms with Crippen LogP contribution in [-0.4, -0.2) is 40.7 Å². The van der Waals surface area contributed by atoms with Crippen LogP contribution in [0.25, 0.3) is 10.9 Å². The fraction of sp³-hybridized carbons (Fsp3) is 0.182. The van der Waals surface area contributed by atoms with Crippen molar-refractivity contribution in [1.82, 2.24) is 15.2 Å². The average molecular weight is 373 g/mol. The molecule has 140 valence electrons. The van der Waals surface area contributed by atoms with Crippen molar-refractivity contribution in [3.63, 3.8) is 0 Å². The van der Waals surface area contributed by atoms with Gasteiger partial charge in [0.25, 0.3) is 17.7 Å². The van der Waals surface area contributed by atoms with E-state index in [0.29, 0.717) is 42.8 Å². The Balaban J connectivity index is 1.26. The second kappa shape index (κ2) is 7.60. The van der Waals surface area contributed by atoms with E-state index in [2.05, 4.69) is 10.3 Å². The minimum atomic E-state index is -0.245. The Morgan fingerprint density at radius 2 is 1.54 bits per heavy atom. The number of nitrogens with zero attached hydrogens (tertiary/aromatic N) is 2. The molecular formula is C22H19N3O3. The van der Waals surface area contributed by atoms with E-state index in [1.54, 1.807) is 30.3 Å². The molecule has 0 unspecified atom stereocenters. The molecule has 1 aromatic heterocycles. The summed E-state index contributed by atoms with van der Waals surface area (Å²) >= 11 is 0. The molecule has 0 radical (unpaired) electrons. The molecule has 1 N–H and O–H groups in total. The van der Waals surface area contributed by atoms with E-state index in [0.717, 1.165) is 10.9 Å². The van der Waals surface area contributed by atoms with E-state index in [1.165, 1.54) is 4.90 Å². The second-order valence-corrected chi connectivity index (χ2v) is 6.66. The van der Waals surface area contributed by atoms with Crippen LogP contribution in [0.2, 0.25) is 0 Å². The number of hydrogen-bond acceptors (Lipinski definition) is 4. The first-order chi connectivity index (χ1) is 13.6. The van der Waals surface area contributed by atoms with Crippen LogP contribution in [0.5, 0.6) is 0 Å². The molecule has 0 fully saturated rings. The molecule has 0 saturated heterocycles. The van der Waals surface area contributed by atoms with E-state index in [4.69, 9.17) is 0 Å². The number of hydrogen-bond donors (Lipinski definition) is 1. The van der Waals surface area contributed by atoms with E-state index in [9.17, 15) is 14.4 Å². The van der Waals surface area contributed by atoms with E-state index in [-0.39, 0.29) is 17.7 Å². The van der Waals surface area contributed by atoms with Crippen molar-refractivity contribution in [3.8, 4) is 0 Å². The summed E-state index contributed by atoms with van der Waals surface area (Å²) in [6.07, 6.45) is 1.28. The Kier molecular flexibility index (Phi) is 4.85. The fourth-order valence-electron chi connectivity index (χ4n) is 3.32. The number of benzene rings is 2. The largest absolute Gasteiger partial charge is 0.351 e. The second-order valence-electron chi connectivity index (χ2n) is 6.66. The third kappa shape index (κ3) is 3.36. The molecule has 3 aromatic rings. The van der Waals surface area contributed by atoms with Gasteiger partial charge >= 0.3 is 0 Å². The van der Waals surface area contributed by atoms with Crippen LogP contribution in [0.15, 0.2) is 60.7 Å². The summed E-state index contributed by atoms with van der Waals surface area (Å²) in [7, 11) is 0. The lowest BCUT2D eigenvalue weighted by Crippen LogP contribution is -2.31. The van der Waals surface area contributed by atoms with Gasteiger partial charge in [0.1, 0.15) is 5.69 Å². The van der Waals surface area contributed by atoms with Gasteiger partial charge in [0.15, 0.2) is 0 Å². The molecule has 0 bridgehead atoms. The molecule has 4 rings (SSSR count). The minimum Gasteiger partial charge on any atom is -0.351 e. The number of carbonyl (C=O) groups excluding carboxylic acids is 3. The summed E-state index contributed by atoms with van der Waals surface area (Å²) in [5, 5.41) is 3.82. The lowest BCUT2D eigenvalue weighted by molar-refractivity contribution is 0.0650. The lowest BCUT2D eigenvalue weighted by Gasteiger charge is -2.13. The molecule has 2 aromatic carbocycles. The maximum absolute atomic E-state index is 12.3. The molecule has 2 heterocycles. The smallest absolute Gasteiger partial charge is 0.269 e. The zero-order chi connectivity index (χ0) is 19.5. The van der Waals surface area contributed by atoms with Gasteiger partial charge in [-0.25, -0.2) is 4.98 Å². The molecule has 6 nitrogen and oxygen atoms in total. The number of aromatic nitrogens is 1. The van der Waals surface area contributed by atoms with Crippen LogP contribution in [0.4, 0.5) is 0 Å². The summed E-state index contributed by atoms with van der Waals surface area (Å²) in [5.74, 6) is -0.721. The quantitative estimate of drug-likeness (QED) is 0.532. The van der Waals surface area contributed by atoms with Crippen LogP contribution in [0, 0.1) is 0 Å². The Bertz CT molecular complexity index is 1040. The first-order valence-corrected chi connectivity index (χ1v) is 9.24. The van der Waals surface area contributed by atoms with Gasteiger partial charge in [-0.05, 0) is 37.1 Å². The minimum absolute atomic E-state index is 0.230. The summed E-state index contributed by atoms with van der Waals surface area (Å²) in [4.78, 5) is 42.5. The maximum atomic E-state index is 12.3. The summed E-state index contributed by atoms with van der Waals surface area (Å²) in [6, 6.07) is 18.1. The zero-order valence-electron chi connectivity index (χ0n) is 15.2. The molecular weight excluding hydrogens is 354 g/mol. The van der Waals surface area contributed by atoms with Gasteiger partial charge < -0.3 is 5.32 Å². The normalized spacial score (nSPS) is 13.1. The van der Waals surface area contributed by atoms with E-state index < -0.39 is 0 Å². The number of fused-ring (bicyclic) bond motifs is 2. The molecule has 0 spiro atoms. The highest BCUT2D eigenvalue weighted by Crippen LogP contribution is 2.22. The first kappa shape index (κ1) is 17.9.